The summed E-state index contributed by atoms with van der Waals surface area (Å²) in [7, 11) is 1.57. The van der Waals surface area contributed by atoms with E-state index in [9.17, 15) is 9.90 Å². The highest BCUT2D eigenvalue weighted by molar-refractivity contribution is 5.95. The number of hydrogen-bond donors (Lipinski definition) is 4. The fourth-order valence-electron chi connectivity index (χ4n) is 1.42. The van der Waals surface area contributed by atoms with Crippen molar-refractivity contribution in [2.75, 3.05) is 24.6 Å². The van der Waals surface area contributed by atoms with Crippen molar-refractivity contribution in [1.29, 1.82) is 0 Å². The molecule has 0 aliphatic rings. The molecule has 100 valence electrons. The van der Waals surface area contributed by atoms with Gasteiger partial charge in [0.2, 0.25) is 0 Å². The van der Waals surface area contributed by atoms with E-state index >= 15 is 0 Å². The van der Waals surface area contributed by atoms with Crippen LogP contribution < -0.4 is 16.4 Å². The first-order valence-electron chi connectivity index (χ1n) is 5.97. The number of nitrogens with one attached hydrogen (secondary N) is 2. The lowest BCUT2D eigenvalue weighted by molar-refractivity contribution is 0.0697. The zero-order valence-corrected chi connectivity index (χ0v) is 11.1. The third kappa shape index (κ3) is 3.63. The number of anilines is 2. The molecule has 0 heterocycles. The summed E-state index contributed by atoms with van der Waals surface area (Å²) in [4.78, 5) is 11.4. The maximum atomic E-state index is 11.4. The summed E-state index contributed by atoms with van der Waals surface area (Å²) in [6, 6.07) is 5.05. The molecule has 1 aromatic carbocycles. The normalized spacial score (nSPS) is 13.8. The first kappa shape index (κ1) is 14.3. The molecule has 0 aliphatic heterocycles. The summed E-state index contributed by atoms with van der Waals surface area (Å²) >= 11 is 0. The van der Waals surface area contributed by atoms with Crippen LogP contribution in [0.15, 0.2) is 18.2 Å². The summed E-state index contributed by atoms with van der Waals surface area (Å²) in [5, 5.41) is 15.5. The second-order valence-corrected chi connectivity index (χ2v) is 4.59. The molecule has 0 aliphatic carbocycles. The molecule has 1 amide bonds. The molecule has 1 unspecified atom stereocenters. The van der Waals surface area contributed by atoms with E-state index in [2.05, 4.69) is 10.6 Å². The topological polar surface area (TPSA) is 87.4 Å². The third-order valence-corrected chi connectivity index (χ3v) is 2.96. The number of benzene rings is 1. The SMILES string of the molecule is CCC(C)(O)CNc1ccc(C(=O)NC)cc1N. The van der Waals surface area contributed by atoms with Gasteiger partial charge in [0, 0.05) is 19.2 Å². The van der Waals surface area contributed by atoms with Crippen LogP contribution in [0.1, 0.15) is 30.6 Å². The van der Waals surface area contributed by atoms with E-state index in [1.165, 1.54) is 0 Å². The Morgan fingerprint density at radius 2 is 2.17 bits per heavy atom. The monoisotopic (exact) mass is 251 g/mol. The molecule has 5 N–H and O–H groups in total. The van der Waals surface area contributed by atoms with Gasteiger partial charge in [0.25, 0.3) is 5.91 Å². The first-order valence-corrected chi connectivity index (χ1v) is 5.97. The van der Waals surface area contributed by atoms with Crippen molar-refractivity contribution in [3.63, 3.8) is 0 Å². The standard InChI is InChI=1S/C13H21N3O2/c1-4-13(2,18)8-16-11-6-5-9(7-10(11)14)12(17)15-3/h5-7,16,18H,4,8,14H2,1-3H3,(H,15,17). The average molecular weight is 251 g/mol. The summed E-state index contributed by atoms with van der Waals surface area (Å²) in [5.74, 6) is -0.172. The van der Waals surface area contributed by atoms with Crippen molar-refractivity contribution in [3.05, 3.63) is 23.8 Å². The van der Waals surface area contributed by atoms with E-state index in [0.717, 1.165) is 5.69 Å². The molecule has 1 rings (SSSR count). The lowest BCUT2D eigenvalue weighted by atomic mass is 10.0. The highest BCUT2D eigenvalue weighted by atomic mass is 16.3. The van der Waals surface area contributed by atoms with Gasteiger partial charge in [0.05, 0.1) is 17.0 Å². The number of nitrogen functional groups attached to an aromatic ring is 1. The Balaban J connectivity index is 2.77. The predicted molar refractivity (Wildman–Crippen MR) is 73.6 cm³/mol. The molecule has 0 saturated carbocycles. The fraction of sp³-hybridized carbons (Fsp3) is 0.462. The minimum Gasteiger partial charge on any atom is -0.397 e. The second-order valence-electron chi connectivity index (χ2n) is 4.59. The quantitative estimate of drug-likeness (QED) is 0.592. The van der Waals surface area contributed by atoms with Crippen molar-refractivity contribution in [2.45, 2.75) is 25.9 Å². The van der Waals surface area contributed by atoms with Crippen LogP contribution in [0.25, 0.3) is 0 Å². The Morgan fingerprint density at radius 3 is 2.67 bits per heavy atom. The predicted octanol–water partition coefficient (Wildman–Crippen LogP) is 1.20. The number of hydrogen-bond acceptors (Lipinski definition) is 4. The van der Waals surface area contributed by atoms with E-state index in [0.29, 0.717) is 24.2 Å². The highest BCUT2D eigenvalue weighted by Crippen LogP contribution is 2.21. The van der Waals surface area contributed by atoms with Gasteiger partial charge in [-0.25, -0.2) is 0 Å². The number of amides is 1. The molecule has 0 spiro atoms. The first-order chi connectivity index (χ1) is 8.39. The number of carbonyl (C=O) groups is 1. The number of nitrogens with two attached hydrogens (primary N) is 1. The summed E-state index contributed by atoms with van der Waals surface area (Å²) in [6.45, 7) is 4.09. The fourth-order valence-corrected chi connectivity index (χ4v) is 1.42. The van der Waals surface area contributed by atoms with Crippen LogP contribution in [-0.2, 0) is 0 Å². The lowest BCUT2D eigenvalue weighted by Crippen LogP contribution is -2.32. The number of aliphatic hydroxyl groups is 1. The Hall–Kier alpha value is -1.75. The molecule has 0 bridgehead atoms. The molecule has 18 heavy (non-hydrogen) atoms. The number of carbonyl (C=O) groups excluding carboxylic acids is 1. The van der Waals surface area contributed by atoms with Gasteiger partial charge in [-0.2, -0.15) is 0 Å². The minimum atomic E-state index is -0.772. The Labute approximate surface area is 107 Å². The smallest absolute Gasteiger partial charge is 0.251 e. The van der Waals surface area contributed by atoms with Crippen molar-refractivity contribution in [1.82, 2.24) is 5.32 Å². The maximum Gasteiger partial charge on any atom is 0.251 e. The van der Waals surface area contributed by atoms with Crippen molar-refractivity contribution >= 4 is 17.3 Å². The Kier molecular flexibility index (Phi) is 4.55. The van der Waals surface area contributed by atoms with Gasteiger partial charge in [-0.1, -0.05) is 6.92 Å². The summed E-state index contributed by atoms with van der Waals surface area (Å²) < 4.78 is 0. The lowest BCUT2D eigenvalue weighted by Gasteiger charge is -2.23. The zero-order valence-electron chi connectivity index (χ0n) is 11.1. The molecule has 0 saturated heterocycles. The third-order valence-electron chi connectivity index (χ3n) is 2.96. The van der Waals surface area contributed by atoms with Crippen LogP contribution in [0.3, 0.4) is 0 Å². The molecule has 1 atom stereocenters. The van der Waals surface area contributed by atoms with Crippen LogP contribution in [0, 0.1) is 0 Å². The van der Waals surface area contributed by atoms with Gasteiger partial charge in [-0.15, -0.1) is 0 Å². The van der Waals surface area contributed by atoms with Crippen molar-refractivity contribution < 1.29 is 9.90 Å². The van der Waals surface area contributed by atoms with E-state index in [-0.39, 0.29) is 5.91 Å². The Bertz CT molecular complexity index is 430. The molecule has 0 fully saturated rings. The number of rotatable bonds is 5. The molecule has 5 nitrogen and oxygen atoms in total. The van der Waals surface area contributed by atoms with Gasteiger partial charge < -0.3 is 21.5 Å². The minimum absolute atomic E-state index is 0.172. The highest BCUT2D eigenvalue weighted by Gasteiger charge is 2.17. The molecular formula is C13H21N3O2. The van der Waals surface area contributed by atoms with Gasteiger partial charge >= 0.3 is 0 Å². The molecule has 0 radical (unpaired) electrons. The molecule has 5 heteroatoms. The molecule has 1 aromatic rings. The maximum absolute atomic E-state index is 11.4. The van der Waals surface area contributed by atoms with E-state index in [1.807, 2.05) is 6.92 Å². The van der Waals surface area contributed by atoms with Gasteiger partial charge in [0.15, 0.2) is 0 Å². The largest absolute Gasteiger partial charge is 0.397 e. The summed E-state index contributed by atoms with van der Waals surface area (Å²) in [6.07, 6.45) is 0.649. The average Bonchev–Trinajstić information content (AvgIpc) is 2.36. The Morgan fingerprint density at radius 1 is 1.50 bits per heavy atom. The van der Waals surface area contributed by atoms with Crippen molar-refractivity contribution in [2.24, 2.45) is 0 Å². The van der Waals surface area contributed by atoms with Gasteiger partial charge in [-0.05, 0) is 31.5 Å². The van der Waals surface area contributed by atoms with Crippen LogP contribution in [0.4, 0.5) is 11.4 Å². The van der Waals surface area contributed by atoms with E-state index in [4.69, 9.17) is 5.73 Å². The molecular weight excluding hydrogens is 230 g/mol. The second kappa shape index (κ2) is 5.73. The van der Waals surface area contributed by atoms with Crippen LogP contribution in [0.5, 0.6) is 0 Å². The van der Waals surface area contributed by atoms with E-state index in [1.54, 1.807) is 32.2 Å². The zero-order chi connectivity index (χ0) is 13.8. The van der Waals surface area contributed by atoms with Gasteiger partial charge in [0.1, 0.15) is 0 Å². The van der Waals surface area contributed by atoms with Crippen LogP contribution >= 0.6 is 0 Å². The molecule has 0 aromatic heterocycles. The van der Waals surface area contributed by atoms with Crippen molar-refractivity contribution in [3.8, 4) is 0 Å². The van der Waals surface area contributed by atoms with Crippen LogP contribution in [0.2, 0.25) is 0 Å². The summed E-state index contributed by atoms with van der Waals surface area (Å²) in [5.41, 5.74) is 6.81. The van der Waals surface area contributed by atoms with Gasteiger partial charge in [-0.3, -0.25) is 4.79 Å². The van der Waals surface area contributed by atoms with E-state index < -0.39 is 5.60 Å². The van der Waals surface area contributed by atoms with Crippen LogP contribution in [-0.4, -0.2) is 30.2 Å².